The molecule has 1 atom stereocenters. The van der Waals surface area contributed by atoms with E-state index in [0.29, 0.717) is 30.0 Å². The number of ether oxygens (including phenoxy) is 1. The van der Waals surface area contributed by atoms with Gasteiger partial charge in [-0.05, 0) is 93.6 Å². The van der Waals surface area contributed by atoms with Crippen molar-refractivity contribution in [2.75, 3.05) is 60.9 Å². The summed E-state index contributed by atoms with van der Waals surface area (Å²) in [5.41, 5.74) is 9.04. The summed E-state index contributed by atoms with van der Waals surface area (Å²) in [4.78, 5) is 56.2. The minimum Gasteiger partial charge on any atom is -0.464 e. The SMILES string of the molecule is NC(=O)c1ncc(N2CCCCC2)nc1Nc1ccc(C2CCN(CC3CCN(c4ccc(OC5CCC(=O)NC5=O)nc4)CC3)CC2)cc1. The molecule has 4 saturated heterocycles. The van der Waals surface area contributed by atoms with E-state index < -0.39 is 17.9 Å². The maximum Gasteiger partial charge on any atom is 0.271 e. The molecular formula is C37H47N9O4. The smallest absolute Gasteiger partial charge is 0.271 e. The number of carbonyl (C=O) groups excluding carboxylic acids is 3. The lowest BCUT2D eigenvalue weighted by molar-refractivity contribution is -0.139. The number of pyridine rings is 1. The van der Waals surface area contributed by atoms with E-state index in [2.05, 4.69) is 59.6 Å². The van der Waals surface area contributed by atoms with Gasteiger partial charge < -0.3 is 30.5 Å². The van der Waals surface area contributed by atoms with Gasteiger partial charge in [0.05, 0.1) is 18.1 Å². The van der Waals surface area contributed by atoms with Gasteiger partial charge in [0.1, 0.15) is 5.82 Å². The van der Waals surface area contributed by atoms with Gasteiger partial charge in [-0.2, -0.15) is 0 Å². The normalized spacial score (nSPS) is 21.2. The zero-order valence-corrected chi connectivity index (χ0v) is 28.6. The van der Waals surface area contributed by atoms with Gasteiger partial charge in [-0.1, -0.05) is 12.1 Å². The molecule has 3 aromatic rings. The van der Waals surface area contributed by atoms with Gasteiger partial charge >= 0.3 is 0 Å². The summed E-state index contributed by atoms with van der Waals surface area (Å²) < 4.78 is 5.73. The zero-order chi connectivity index (χ0) is 34.5. The van der Waals surface area contributed by atoms with Crippen molar-refractivity contribution in [3.05, 3.63) is 60.0 Å². The quantitative estimate of drug-likeness (QED) is 0.266. The van der Waals surface area contributed by atoms with Crippen molar-refractivity contribution in [3.63, 3.8) is 0 Å². The summed E-state index contributed by atoms with van der Waals surface area (Å²) in [5.74, 6) is 1.53. The van der Waals surface area contributed by atoms with Crippen LogP contribution in [0, 0.1) is 5.92 Å². The van der Waals surface area contributed by atoms with Crippen LogP contribution in [0.5, 0.6) is 5.88 Å². The van der Waals surface area contributed by atoms with E-state index in [0.717, 1.165) is 102 Å². The van der Waals surface area contributed by atoms with Crippen LogP contribution in [0.3, 0.4) is 0 Å². The standard InChI is InChI=1S/C37H47N9O4/c38-35(48)34-36(42-31(23-40-34)46-16-2-1-3-17-46)41-28-6-4-26(5-7-28)27-14-18-44(19-15-27)24-25-12-20-45(21-13-25)29-8-11-33(39-22-29)50-30-9-10-32(47)43-37(30)49/h4-8,11,22-23,25,27,30H,1-3,9-10,12-21,24H2,(H2,38,48)(H,41,42)(H,43,47,49). The first kappa shape index (κ1) is 33.7. The minimum atomic E-state index is -0.678. The third-order valence-corrected chi connectivity index (χ3v) is 10.6. The summed E-state index contributed by atoms with van der Waals surface area (Å²) in [6, 6.07) is 12.3. The number of aromatic nitrogens is 3. The molecule has 264 valence electrons. The number of hydrogen-bond donors (Lipinski definition) is 3. The number of rotatable bonds is 10. The molecule has 4 N–H and O–H groups in total. The minimum absolute atomic E-state index is 0.151. The molecule has 13 nitrogen and oxygen atoms in total. The molecule has 0 saturated carbocycles. The van der Waals surface area contributed by atoms with Gasteiger partial charge in [-0.3, -0.25) is 19.7 Å². The Balaban J connectivity index is 0.855. The molecule has 50 heavy (non-hydrogen) atoms. The van der Waals surface area contributed by atoms with Crippen molar-refractivity contribution in [2.45, 2.75) is 69.8 Å². The van der Waals surface area contributed by atoms with Crippen LogP contribution in [0.25, 0.3) is 0 Å². The molecule has 0 aliphatic carbocycles. The second kappa shape index (κ2) is 15.4. The average molecular weight is 682 g/mol. The molecule has 1 unspecified atom stereocenters. The van der Waals surface area contributed by atoms with Crippen LogP contribution >= 0.6 is 0 Å². The Hall–Kier alpha value is -4.78. The molecule has 0 bridgehead atoms. The Morgan fingerprint density at radius 1 is 0.860 bits per heavy atom. The number of anilines is 4. The topological polar surface area (TPSA) is 159 Å². The van der Waals surface area contributed by atoms with E-state index >= 15 is 0 Å². The average Bonchev–Trinajstić information content (AvgIpc) is 3.14. The molecule has 7 rings (SSSR count). The lowest BCUT2D eigenvalue weighted by Crippen LogP contribution is -2.46. The highest BCUT2D eigenvalue weighted by Gasteiger charge is 2.29. The molecule has 3 amide bonds. The second-order valence-electron chi connectivity index (χ2n) is 14.0. The van der Waals surface area contributed by atoms with Crippen LogP contribution < -0.4 is 30.9 Å². The number of benzene rings is 1. The van der Waals surface area contributed by atoms with Crippen molar-refractivity contribution in [1.29, 1.82) is 0 Å². The number of imide groups is 1. The monoisotopic (exact) mass is 681 g/mol. The van der Waals surface area contributed by atoms with Crippen LogP contribution in [-0.4, -0.2) is 89.5 Å². The van der Waals surface area contributed by atoms with Crippen LogP contribution in [0.2, 0.25) is 0 Å². The molecule has 6 heterocycles. The van der Waals surface area contributed by atoms with Crippen molar-refractivity contribution in [2.24, 2.45) is 11.7 Å². The number of primary amides is 1. The number of nitrogens with one attached hydrogen (secondary N) is 2. The van der Waals surface area contributed by atoms with Gasteiger partial charge in [0, 0.05) is 57.3 Å². The number of hydrogen-bond acceptors (Lipinski definition) is 11. The third-order valence-electron chi connectivity index (χ3n) is 10.6. The number of carbonyl (C=O) groups is 3. The van der Waals surface area contributed by atoms with Crippen LogP contribution in [0.1, 0.15) is 79.8 Å². The number of amides is 3. The second-order valence-corrected chi connectivity index (χ2v) is 14.0. The third kappa shape index (κ3) is 8.15. The molecule has 0 radical (unpaired) electrons. The maximum absolute atomic E-state index is 12.1. The Morgan fingerprint density at radius 3 is 2.30 bits per heavy atom. The Bertz CT molecular complexity index is 1650. The van der Waals surface area contributed by atoms with Crippen molar-refractivity contribution < 1.29 is 19.1 Å². The van der Waals surface area contributed by atoms with E-state index in [1.165, 1.54) is 12.0 Å². The number of piperidine rings is 4. The highest BCUT2D eigenvalue weighted by atomic mass is 16.5. The van der Waals surface area contributed by atoms with Crippen LogP contribution in [-0.2, 0) is 9.59 Å². The van der Waals surface area contributed by atoms with Crippen molar-refractivity contribution in [3.8, 4) is 5.88 Å². The molecule has 1 aromatic carbocycles. The predicted molar refractivity (Wildman–Crippen MR) is 191 cm³/mol. The molecule has 2 aromatic heterocycles. The van der Waals surface area contributed by atoms with E-state index in [4.69, 9.17) is 15.5 Å². The van der Waals surface area contributed by atoms with E-state index in [1.807, 2.05) is 18.3 Å². The first-order chi connectivity index (χ1) is 24.4. The molecule has 4 aliphatic heterocycles. The van der Waals surface area contributed by atoms with Gasteiger partial charge in [0.15, 0.2) is 17.6 Å². The highest BCUT2D eigenvalue weighted by molar-refractivity contribution is 6.00. The van der Waals surface area contributed by atoms with E-state index in [-0.39, 0.29) is 18.0 Å². The van der Waals surface area contributed by atoms with Crippen LogP contribution in [0.4, 0.5) is 23.0 Å². The van der Waals surface area contributed by atoms with Gasteiger partial charge in [0.25, 0.3) is 11.8 Å². The summed E-state index contributed by atoms with van der Waals surface area (Å²) >= 11 is 0. The maximum atomic E-state index is 12.1. The summed E-state index contributed by atoms with van der Waals surface area (Å²) in [5, 5.41) is 5.62. The van der Waals surface area contributed by atoms with Crippen molar-refractivity contribution >= 4 is 40.7 Å². The lowest BCUT2D eigenvalue weighted by atomic mass is 9.88. The van der Waals surface area contributed by atoms with Gasteiger partial charge in [0.2, 0.25) is 11.8 Å². The first-order valence-electron chi connectivity index (χ1n) is 18.1. The van der Waals surface area contributed by atoms with Gasteiger partial charge in [-0.25, -0.2) is 15.0 Å². The fraction of sp³-hybridized carbons (Fsp3) is 0.514. The van der Waals surface area contributed by atoms with Crippen LogP contribution in [0.15, 0.2) is 48.8 Å². The number of likely N-dealkylation sites (tertiary alicyclic amines) is 1. The zero-order valence-electron chi connectivity index (χ0n) is 28.6. The highest BCUT2D eigenvalue weighted by Crippen LogP contribution is 2.32. The largest absolute Gasteiger partial charge is 0.464 e. The Kier molecular flexibility index (Phi) is 10.4. The fourth-order valence-electron chi connectivity index (χ4n) is 7.65. The molecule has 4 fully saturated rings. The predicted octanol–water partition coefficient (Wildman–Crippen LogP) is 3.98. The van der Waals surface area contributed by atoms with E-state index in [9.17, 15) is 14.4 Å². The molecular weight excluding hydrogens is 634 g/mol. The summed E-state index contributed by atoms with van der Waals surface area (Å²) in [6.45, 7) is 7.21. The molecule has 13 heteroatoms. The Labute approximate surface area is 293 Å². The fourth-order valence-corrected chi connectivity index (χ4v) is 7.65. The van der Waals surface area contributed by atoms with E-state index in [1.54, 1.807) is 6.20 Å². The summed E-state index contributed by atoms with van der Waals surface area (Å²) in [7, 11) is 0. The number of nitrogens with two attached hydrogens (primary N) is 1. The lowest BCUT2D eigenvalue weighted by Gasteiger charge is -2.38. The molecule has 0 spiro atoms. The summed E-state index contributed by atoms with van der Waals surface area (Å²) in [6.07, 6.45) is 11.5. The van der Waals surface area contributed by atoms with Gasteiger partial charge in [-0.15, -0.1) is 0 Å². The molecule has 4 aliphatic rings. The first-order valence-corrected chi connectivity index (χ1v) is 18.1. The number of nitrogens with zero attached hydrogens (tertiary/aromatic N) is 6. The Morgan fingerprint density at radius 2 is 1.62 bits per heavy atom. The van der Waals surface area contributed by atoms with Crippen molar-refractivity contribution in [1.82, 2.24) is 25.2 Å².